The van der Waals surface area contributed by atoms with E-state index in [0.29, 0.717) is 36.4 Å². The number of ether oxygens (including phenoxy) is 7. The zero-order chi connectivity index (χ0) is 19.8. The molecule has 0 radical (unpaired) electrons. The van der Waals surface area contributed by atoms with Gasteiger partial charge >= 0.3 is 0 Å². The maximum absolute atomic E-state index is 6.61. The third-order valence-electron chi connectivity index (χ3n) is 6.73. The van der Waals surface area contributed by atoms with Crippen molar-refractivity contribution >= 4 is 0 Å². The van der Waals surface area contributed by atoms with E-state index >= 15 is 0 Å². The fourth-order valence-corrected chi connectivity index (χ4v) is 5.48. The van der Waals surface area contributed by atoms with Gasteiger partial charge in [-0.2, -0.15) is 0 Å². The van der Waals surface area contributed by atoms with Gasteiger partial charge in [0.1, 0.15) is 5.60 Å². The minimum Gasteiger partial charge on any atom is -0.493 e. The van der Waals surface area contributed by atoms with Gasteiger partial charge in [-0.1, -0.05) is 0 Å². The van der Waals surface area contributed by atoms with E-state index in [2.05, 4.69) is 12.1 Å². The molecule has 0 N–H and O–H groups in total. The molecule has 2 unspecified atom stereocenters. The average Bonchev–Trinajstić information content (AvgIpc) is 3.43. The molecular weight excluding hydrogens is 376 g/mol. The van der Waals surface area contributed by atoms with Gasteiger partial charge in [0.15, 0.2) is 23.0 Å². The van der Waals surface area contributed by atoms with Crippen LogP contribution in [0.5, 0.6) is 28.7 Å². The molecule has 4 bridgehead atoms. The first-order valence-corrected chi connectivity index (χ1v) is 9.71. The van der Waals surface area contributed by atoms with E-state index in [0.717, 1.165) is 28.2 Å². The van der Waals surface area contributed by atoms with E-state index in [1.807, 2.05) is 12.1 Å². The standard InChI is InChI=1S/C22H22O7/c1-23-18-4-11(5-19(24-2)21(18)25-3)22-14-7-17-16(27-10-28-17)6-12(14)20-13(8-29-22)15(22)9-26-20/h4-7,13,15,20H,8-10H2,1-3H3/t13?,15?,20-,22+/m0/s1. The Balaban J connectivity index is 1.62. The van der Waals surface area contributed by atoms with E-state index < -0.39 is 5.60 Å². The normalized spacial score (nSPS) is 30.2. The topological polar surface area (TPSA) is 64.6 Å². The van der Waals surface area contributed by atoms with Crippen LogP contribution in [0, 0.1) is 11.8 Å². The predicted molar refractivity (Wildman–Crippen MR) is 101 cm³/mol. The molecule has 0 spiro atoms. The lowest BCUT2D eigenvalue weighted by Crippen LogP contribution is -2.39. The minimum atomic E-state index is -0.666. The van der Waals surface area contributed by atoms with Gasteiger partial charge in [-0.3, -0.25) is 0 Å². The summed E-state index contributed by atoms with van der Waals surface area (Å²) in [4.78, 5) is 0. The lowest BCUT2D eigenvalue weighted by Gasteiger charge is -2.39. The molecule has 2 fully saturated rings. The van der Waals surface area contributed by atoms with E-state index in [4.69, 9.17) is 33.2 Å². The molecule has 29 heavy (non-hydrogen) atoms. The predicted octanol–water partition coefficient (Wildman–Crippen LogP) is 3.03. The third kappa shape index (κ3) is 2.04. The number of methoxy groups -OCH3 is 3. The van der Waals surface area contributed by atoms with Gasteiger partial charge in [-0.15, -0.1) is 0 Å². The Kier molecular flexibility index (Phi) is 3.53. The van der Waals surface area contributed by atoms with Crippen molar-refractivity contribution in [1.29, 1.82) is 0 Å². The van der Waals surface area contributed by atoms with Crippen molar-refractivity contribution < 1.29 is 33.2 Å². The fraction of sp³-hybridized carbons (Fsp3) is 0.455. The largest absolute Gasteiger partial charge is 0.493 e. The first-order valence-electron chi connectivity index (χ1n) is 9.71. The van der Waals surface area contributed by atoms with Gasteiger partial charge in [0.25, 0.3) is 0 Å². The van der Waals surface area contributed by atoms with E-state index in [-0.39, 0.29) is 18.8 Å². The highest BCUT2D eigenvalue weighted by molar-refractivity contribution is 5.61. The molecule has 2 saturated heterocycles. The van der Waals surface area contributed by atoms with Crippen LogP contribution in [-0.4, -0.2) is 41.3 Å². The van der Waals surface area contributed by atoms with Crippen molar-refractivity contribution in [3.05, 3.63) is 41.0 Å². The van der Waals surface area contributed by atoms with Crippen molar-refractivity contribution in [2.75, 3.05) is 41.3 Å². The van der Waals surface area contributed by atoms with Crippen molar-refractivity contribution in [3.8, 4) is 28.7 Å². The molecule has 4 aliphatic rings. The second-order valence-corrected chi connectivity index (χ2v) is 7.78. The maximum Gasteiger partial charge on any atom is 0.231 e. The molecule has 0 amide bonds. The van der Waals surface area contributed by atoms with Crippen LogP contribution in [0.1, 0.15) is 22.8 Å². The molecule has 7 nitrogen and oxygen atoms in total. The minimum absolute atomic E-state index is 0.0159. The smallest absolute Gasteiger partial charge is 0.231 e. The van der Waals surface area contributed by atoms with Crippen molar-refractivity contribution in [2.24, 2.45) is 11.8 Å². The molecule has 2 aromatic carbocycles. The summed E-state index contributed by atoms with van der Waals surface area (Å²) in [6.45, 7) is 1.49. The summed E-state index contributed by atoms with van der Waals surface area (Å²) in [5.74, 6) is 3.76. The van der Waals surface area contributed by atoms with Crippen LogP contribution in [0.2, 0.25) is 0 Å². The molecule has 4 atom stereocenters. The first kappa shape index (κ1) is 17.2. The van der Waals surface area contributed by atoms with Crippen molar-refractivity contribution in [3.63, 3.8) is 0 Å². The summed E-state index contributed by atoms with van der Waals surface area (Å²) >= 11 is 0. The quantitative estimate of drug-likeness (QED) is 0.784. The van der Waals surface area contributed by atoms with Gasteiger partial charge in [0, 0.05) is 11.8 Å². The van der Waals surface area contributed by atoms with Gasteiger partial charge < -0.3 is 33.2 Å². The Morgan fingerprint density at radius 2 is 1.62 bits per heavy atom. The summed E-state index contributed by atoms with van der Waals surface area (Å²) < 4.78 is 40.9. The Labute approximate surface area is 168 Å². The zero-order valence-corrected chi connectivity index (χ0v) is 16.5. The third-order valence-corrected chi connectivity index (χ3v) is 6.73. The van der Waals surface area contributed by atoms with Gasteiger partial charge in [0.2, 0.25) is 12.5 Å². The molecule has 2 aromatic rings. The second kappa shape index (κ2) is 5.93. The summed E-state index contributed by atoms with van der Waals surface area (Å²) in [5, 5.41) is 0. The highest BCUT2D eigenvalue weighted by atomic mass is 16.7. The molecule has 3 heterocycles. The zero-order valence-electron chi connectivity index (χ0n) is 16.5. The van der Waals surface area contributed by atoms with Crippen molar-refractivity contribution in [1.82, 2.24) is 0 Å². The maximum atomic E-state index is 6.61. The van der Waals surface area contributed by atoms with Gasteiger partial charge in [-0.05, 0) is 41.0 Å². The van der Waals surface area contributed by atoms with Crippen molar-refractivity contribution in [2.45, 2.75) is 11.7 Å². The van der Waals surface area contributed by atoms with E-state index in [9.17, 15) is 0 Å². The molecule has 152 valence electrons. The molecule has 7 heteroatoms. The second-order valence-electron chi connectivity index (χ2n) is 7.78. The molecule has 1 aliphatic carbocycles. The highest BCUT2D eigenvalue weighted by Crippen LogP contribution is 2.64. The van der Waals surface area contributed by atoms with Crippen LogP contribution in [-0.2, 0) is 15.1 Å². The first-order chi connectivity index (χ1) is 14.2. The summed E-state index contributed by atoms with van der Waals surface area (Å²) in [7, 11) is 4.85. The highest BCUT2D eigenvalue weighted by Gasteiger charge is 2.63. The number of hydrogen-bond donors (Lipinski definition) is 0. The molecule has 0 aromatic heterocycles. The monoisotopic (exact) mass is 398 g/mol. The molecular formula is C22H22O7. The average molecular weight is 398 g/mol. The lowest BCUT2D eigenvalue weighted by molar-refractivity contribution is -0.0132. The Bertz CT molecular complexity index is 978. The number of hydrogen-bond acceptors (Lipinski definition) is 7. The Morgan fingerprint density at radius 1 is 0.897 bits per heavy atom. The number of rotatable bonds is 4. The molecule has 0 saturated carbocycles. The fourth-order valence-electron chi connectivity index (χ4n) is 5.48. The lowest BCUT2D eigenvalue weighted by atomic mass is 9.66. The van der Waals surface area contributed by atoms with Crippen LogP contribution in [0.4, 0.5) is 0 Å². The van der Waals surface area contributed by atoms with E-state index in [1.165, 1.54) is 0 Å². The molecule has 6 rings (SSSR count). The number of fused-ring (bicyclic) bond motifs is 4. The summed E-state index contributed by atoms with van der Waals surface area (Å²) in [5.41, 5.74) is 2.47. The summed E-state index contributed by atoms with van der Waals surface area (Å²) in [6, 6.07) is 8.07. The molecule has 3 aliphatic heterocycles. The Morgan fingerprint density at radius 3 is 2.31 bits per heavy atom. The van der Waals surface area contributed by atoms with Gasteiger partial charge in [-0.25, -0.2) is 0 Å². The van der Waals surface area contributed by atoms with Crippen LogP contribution in [0.25, 0.3) is 0 Å². The number of benzene rings is 2. The van der Waals surface area contributed by atoms with Crippen LogP contribution < -0.4 is 23.7 Å². The Hall–Kier alpha value is -2.64. The van der Waals surface area contributed by atoms with Crippen LogP contribution >= 0.6 is 0 Å². The van der Waals surface area contributed by atoms with E-state index in [1.54, 1.807) is 21.3 Å². The van der Waals surface area contributed by atoms with Crippen LogP contribution in [0.3, 0.4) is 0 Å². The summed E-state index contributed by atoms with van der Waals surface area (Å²) in [6.07, 6.45) is 0.0159. The van der Waals surface area contributed by atoms with Gasteiger partial charge in [0.05, 0.1) is 40.6 Å². The SMILES string of the molecule is COc1cc([C@]23OCC4C2CO[C@H]4c2cc4c(cc23)OCO4)cc(OC)c1OC. The van der Waals surface area contributed by atoms with Crippen LogP contribution in [0.15, 0.2) is 24.3 Å².